The van der Waals surface area contributed by atoms with Crippen LogP contribution in [0.1, 0.15) is 31.1 Å². The van der Waals surface area contributed by atoms with Crippen molar-refractivity contribution in [2.45, 2.75) is 33.0 Å². The van der Waals surface area contributed by atoms with Crippen molar-refractivity contribution in [1.82, 2.24) is 15.1 Å². The molecule has 0 bridgehead atoms. The number of benzene rings is 1. The highest BCUT2D eigenvalue weighted by atomic mass is 16.2. The first-order valence-electron chi connectivity index (χ1n) is 7.34. The van der Waals surface area contributed by atoms with Crippen molar-refractivity contribution in [1.29, 1.82) is 0 Å². The highest BCUT2D eigenvalue weighted by Crippen LogP contribution is 2.25. The lowest BCUT2D eigenvalue weighted by Gasteiger charge is -2.27. The zero-order chi connectivity index (χ0) is 14.7. The standard InChI is InChI=1S/C16H25N3O/c1-5-18(4)9-10-19-15(17-13(3)16(19)20)14-8-6-7-12(2)11-14/h6-8,11,13,15,17H,5,9-10H2,1-4H3. The topological polar surface area (TPSA) is 35.6 Å². The molecule has 1 N–H and O–H groups in total. The number of rotatable bonds is 5. The largest absolute Gasteiger partial charge is 0.320 e. The average Bonchev–Trinajstić information content (AvgIpc) is 2.72. The molecule has 0 saturated carbocycles. The summed E-state index contributed by atoms with van der Waals surface area (Å²) in [6.45, 7) is 8.82. The van der Waals surface area contributed by atoms with Gasteiger partial charge in [-0.2, -0.15) is 0 Å². The summed E-state index contributed by atoms with van der Waals surface area (Å²) in [4.78, 5) is 16.5. The van der Waals surface area contributed by atoms with E-state index in [-0.39, 0.29) is 18.1 Å². The molecular weight excluding hydrogens is 250 g/mol. The number of likely N-dealkylation sites (N-methyl/N-ethyl adjacent to an activating group) is 1. The number of nitrogens with zero attached hydrogens (tertiary/aromatic N) is 2. The Morgan fingerprint density at radius 2 is 2.15 bits per heavy atom. The van der Waals surface area contributed by atoms with E-state index in [1.165, 1.54) is 11.1 Å². The summed E-state index contributed by atoms with van der Waals surface area (Å²) in [5.74, 6) is 0.195. The van der Waals surface area contributed by atoms with Crippen LogP contribution >= 0.6 is 0 Å². The van der Waals surface area contributed by atoms with Gasteiger partial charge < -0.3 is 9.80 Å². The molecule has 1 heterocycles. The van der Waals surface area contributed by atoms with Crippen LogP contribution in [0, 0.1) is 6.92 Å². The number of nitrogens with one attached hydrogen (secondary N) is 1. The van der Waals surface area contributed by atoms with E-state index >= 15 is 0 Å². The minimum atomic E-state index is -0.104. The van der Waals surface area contributed by atoms with Crippen LogP contribution in [0.2, 0.25) is 0 Å². The molecule has 2 unspecified atom stereocenters. The van der Waals surface area contributed by atoms with Crippen molar-refractivity contribution < 1.29 is 4.79 Å². The van der Waals surface area contributed by atoms with Crippen LogP contribution in [-0.2, 0) is 4.79 Å². The van der Waals surface area contributed by atoms with Gasteiger partial charge in [-0.1, -0.05) is 36.8 Å². The number of hydrogen-bond donors (Lipinski definition) is 1. The number of amides is 1. The number of hydrogen-bond acceptors (Lipinski definition) is 3. The Kier molecular flexibility index (Phi) is 4.78. The quantitative estimate of drug-likeness (QED) is 0.889. The molecule has 1 saturated heterocycles. The average molecular weight is 275 g/mol. The lowest BCUT2D eigenvalue weighted by Crippen LogP contribution is -2.37. The molecule has 0 aliphatic carbocycles. The second-order valence-electron chi connectivity index (χ2n) is 5.63. The third-order valence-electron chi connectivity index (χ3n) is 3.99. The number of aryl methyl sites for hydroxylation is 1. The Morgan fingerprint density at radius 1 is 1.40 bits per heavy atom. The van der Waals surface area contributed by atoms with E-state index in [0.29, 0.717) is 0 Å². The highest BCUT2D eigenvalue weighted by Gasteiger charge is 2.36. The zero-order valence-corrected chi connectivity index (χ0v) is 12.9. The number of carbonyl (C=O) groups excluding carboxylic acids is 1. The Hall–Kier alpha value is -1.39. The van der Waals surface area contributed by atoms with Gasteiger partial charge in [0.2, 0.25) is 5.91 Å². The van der Waals surface area contributed by atoms with Crippen LogP contribution in [-0.4, -0.2) is 48.4 Å². The SMILES string of the molecule is CCN(C)CCN1C(=O)C(C)NC1c1cccc(C)c1. The first-order valence-corrected chi connectivity index (χ1v) is 7.34. The molecule has 1 fully saturated rings. The maximum absolute atomic E-state index is 12.3. The molecule has 2 atom stereocenters. The number of carbonyl (C=O) groups is 1. The lowest BCUT2D eigenvalue weighted by molar-refractivity contribution is -0.130. The first kappa shape index (κ1) is 15.0. The van der Waals surface area contributed by atoms with Crippen LogP contribution in [0.3, 0.4) is 0 Å². The fourth-order valence-corrected chi connectivity index (χ4v) is 2.57. The van der Waals surface area contributed by atoms with Crippen molar-refractivity contribution in [3.8, 4) is 0 Å². The van der Waals surface area contributed by atoms with E-state index in [0.717, 1.165) is 19.6 Å². The van der Waals surface area contributed by atoms with Gasteiger partial charge in [0, 0.05) is 13.1 Å². The zero-order valence-electron chi connectivity index (χ0n) is 12.9. The van der Waals surface area contributed by atoms with Gasteiger partial charge in [0.25, 0.3) is 0 Å². The molecule has 0 radical (unpaired) electrons. The van der Waals surface area contributed by atoms with E-state index in [4.69, 9.17) is 0 Å². The van der Waals surface area contributed by atoms with Gasteiger partial charge in [-0.15, -0.1) is 0 Å². The third kappa shape index (κ3) is 3.19. The van der Waals surface area contributed by atoms with Gasteiger partial charge in [0.05, 0.1) is 6.04 Å². The predicted octanol–water partition coefficient (Wildman–Crippen LogP) is 1.77. The van der Waals surface area contributed by atoms with Gasteiger partial charge in [0.1, 0.15) is 6.17 Å². The predicted molar refractivity (Wildman–Crippen MR) is 81.4 cm³/mol. The second kappa shape index (κ2) is 6.37. The smallest absolute Gasteiger partial charge is 0.241 e. The molecule has 4 nitrogen and oxygen atoms in total. The van der Waals surface area contributed by atoms with Crippen LogP contribution in [0.15, 0.2) is 24.3 Å². The van der Waals surface area contributed by atoms with Crippen LogP contribution < -0.4 is 5.32 Å². The van der Waals surface area contributed by atoms with Crippen LogP contribution in [0.25, 0.3) is 0 Å². The monoisotopic (exact) mass is 275 g/mol. The molecule has 0 aromatic heterocycles. The Labute approximate surface area is 121 Å². The first-order chi connectivity index (χ1) is 9.52. The van der Waals surface area contributed by atoms with E-state index in [1.807, 2.05) is 11.8 Å². The molecule has 1 aromatic rings. The fraction of sp³-hybridized carbons (Fsp3) is 0.562. The van der Waals surface area contributed by atoms with Gasteiger partial charge >= 0.3 is 0 Å². The van der Waals surface area contributed by atoms with Crippen LogP contribution in [0.5, 0.6) is 0 Å². The molecular formula is C16H25N3O. The Bertz CT molecular complexity index is 475. The molecule has 110 valence electrons. The van der Waals surface area contributed by atoms with Gasteiger partial charge in [-0.3, -0.25) is 10.1 Å². The normalized spacial score (nSPS) is 22.9. The maximum atomic E-state index is 12.3. The summed E-state index contributed by atoms with van der Waals surface area (Å²) in [6.07, 6.45) is 0.00246. The molecule has 1 aliphatic rings. The molecule has 1 aromatic carbocycles. The Balaban J connectivity index is 2.15. The molecule has 1 amide bonds. The summed E-state index contributed by atoms with van der Waals surface area (Å²) in [7, 11) is 2.08. The maximum Gasteiger partial charge on any atom is 0.241 e. The molecule has 20 heavy (non-hydrogen) atoms. The molecule has 0 spiro atoms. The van der Waals surface area contributed by atoms with Crippen molar-refractivity contribution in [3.63, 3.8) is 0 Å². The molecule has 4 heteroatoms. The Morgan fingerprint density at radius 3 is 2.80 bits per heavy atom. The van der Waals surface area contributed by atoms with E-state index < -0.39 is 0 Å². The van der Waals surface area contributed by atoms with Gasteiger partial charge in [-0.05, 0) is 33.0 Å². The summed E-state index contributed by atoms with van der Waals surface area (Å²) in [6, 6.07) is 8.27. The van der Waals surface area contributed by atoms with Crippen molar-refractivity contribution >= 4 is 5.91 Å². The van der Waals surface area contributed by atoms with Crippen molar-refractivity contribution in [3.05, 3.63) is 35.4 Å². The van der Waals surface area contributed by atoms with Crippen molar-refractivity contribution in [2.24, 2.45) is 0 Å². The minimum Gasteiger partial charge on any atom is -0.320 e. The van der Waals surface area contributed by atoms with E-state index in [9.17, 15) is 4.79 Å². The highest BCUT2D eigenvalue weighted by molar-refractivity contribution is 5.84. The molecule has 1 aliphatic heterocycles. The van der Waals surface area contributed by atoms with Gasteiger partial charge in [-0.25, -0.2) is 0 Å². The van der Waals surface area contributed by atoms with Crippen molar-refractivity contribution in [2.75, 3.05) is 26.7 Å². The van der Waals surface area contributed by atoms with Gasteiger partial charge in [0.15, 0.2) is 0 Å². The van der Waals surface area contributed by atoms with E-state index in [2.05, 4.69) is 55.4 Å². The fourth-order valence-electron chi connectivity index (χ4n) is 2.57. The van der Waals surface area contributed by atoms with E-state index in [1.54, 1.807) is 0 Å². The summed E-state index contributed by atoms with van der Waals surface area (Å²) in [5.41, 5.74) is 2.39. The minimum absolute atomic E-state index is 0.00246. The molecule has 2 rings (SSSR count). The van der Waals surface area contributed by atoms with Crippen LogP contribution in [0.4, 0.5) is 0 Å². The summed E-state index contributed by atoms with van der Waals surface area (Å²) in [5, 5.41) is 3.40. The lowest BCUT2D eigenvalue weighted by atomic mass is 10.1. The summed E-state index contributed by atoms with van der Waals surface area (Å²) < 4.78 is 0. The second-order valence-corrected chi connectivity index (χ2v) is 5.63. The summed E-state index contributed by atoms with van der Waals surface area (Å²) >= 11 is 0. The third-order valence-corrected chi connectivity index (χ3v) is 3.99.